The maximum atomic E-state index is 12.9. The lowest BCUT2D eigenvalue weighted by Crippen LogP contribution is -2.52. The summed E-state index contributed by atoms with van der Waals surface area (Å²) in [6, 6.07) is 7.37. The van der Waals surface area contributed by atoms with E-state index in [2.05, 4.69) is 5.32 Å². The molecular formula is C18H23F3N2O3. The highest BCUT2D eigenvalue weighted by molar-refractivity contribution is 5.82. The molecule has 0 aromatic heterocycles. The third kappa shape index (κ3) is 5.37. The number of amides is 2. The average molecular weight is 372 g/mol. The van der Waals surface area contributed by atoms with Crippen LogP contribution in [-0.2, 0) is 9.53 Å². The minimum absolute atomic E-state index is 0.0988. The SMILES string of the molecule is CC(C)(C)OC(=O)NC1CCN(C(=O)C(F)(F)F)[C@H](c2ccccc2)C1. The third-order valence-corrected chi connectivity index (χ3v) is 4.01. The molecule has 0 saturated carbocycles. The minimum atomic E-state index is -4.93. The van der Waals surface area contributed by atoms with E-state index in [1.54, 1.807) is 51.1 Å². The molecule has 0 aliphatic carbocycles. The third-order valence-electron chi connectivity index (χ3n) is 4.01. The lowest BCUT2D eigenvalue weighted by molar-refractivity contribution is -0.189. The van der Waals surface area contributed by atoms with Crippen molar-refractivity contribution in [1.29, 1.82) is 0 Å². The molecule has 1 saturated heterocycles. The fraction of sp³-hybridized carbons (Fsp3) is 0.556. The summed E-state index contributed by atoms with van der Waals surface area (Å²) >= 11 is 0. The molecule has 1 aliphatic rings. The number of halogens is 3. The van der Waals surface area contributed by atoms with Crippen molar-refractivity contribution in [3.8, 4) is 0 Å². The number of alkyl carbamates (subject to hydrolysis) is 1. The summed E-state index contributed by atoms with van der Waals surface area (Å²) in [6.45, 7) is 5.08. The number of benzene rings is 1. The summed E-state index contributed by atoms with van der Waals surface area (Å²) in [5.41, 5.74) is -0.0728. The van der Waals surface area contributed by atoms with E-state index >= 15 is 0 Å². The molecular weight excluding hydrogens is 349 g/mol. The zero-order chi connectivity index (χ0) is 19.5. The van der Waals surface area contributed by atoms with E-state index in [-0.39, 0.29) is 25.4 Å². The van der Waals surface area contributed by atoms with Crippen LogP contribution in [0.5, 0.6) is 0 Å². The van der Waals surface area contributed by atoms with Crippen LogP contribution in [0.1, 0.15) is 45.2 Å². The molecule has 1 heterocycles. The van der Waals surface area contributed by atoms with Crippen molar-refractivity contribution >= 4 is 12.0 Å². The molecule has 5 nitrogen and oxygen atoms in total. The predicted molar refractivity (Wildman–Crippen MR) is 89.3 cm³/mol. The number of hydrogen-bond donors (Lipinski definition) is 1. The fourth-order valence-electron chi connectivity index (χ4n) is 2.97. The summed E-state index contributed by atoms with van der Waals surface area (Å²) in [4.78, 5) is 24.6. The van der Waals surface area contributed by atoms with Gasteiger partial charge in [0.1, 0.15) is 5.60 Å². The van der Waals surface area contributed by atoms with Gasteiger partial charge in [0.15, 0.2) is 0 Å². The normalized spacial score (nSPS) is 21.2. The van der Waals surface area contributed by atoms with E-state index in [9.17, 15) is 22.8 Å². The number of carbonyl (C=O) groups is 2. The maximum Gasteiger partial charge on any atom is 0.471 e. The Bertz CT molecular complexity index is 641. The van der Waals surface area contributed by atoms with Crippen LogP contribution in [0.4, 0.5) is 18.0 Å². The van der Waals surface area contributed by atoms with E-state index in [0.717, 1.165) is 4.90 Å². The van der Waals surface area contributed by atoms with Gasteiger partial charge in [0, 0.05) is 12.6 Å². The van der Waals surface area contributed by atoms with Gasteiger partial charge in [0.25, 0.3) is 0 Å². The molecule has 1 fully saturated rings. The van der Waals surface area contributed by atoms with Gasteiger partial charge in [-0.2, -0.15) is 13.2 Å². The average Bonchev–Trinajstić information content (AvgIpc) is 2.52. The van der Waals surface area contributed by atoms with Gasteiger partial charge in [0.2, 0.25) is 0 Å². The first-order valence-electron chi connectivity index (χ1n) is 8.39. The van der Waals surface area contributed by atoms with Crippen molar-refractivity contribution in [2.24, 2.45) is 0 Å². The quantitative estimate of drug-likeness (QED) is 0.859. The number of hydrogen-bond acceptors (Lipinski definition) is 3. The van der Waals surface area contributed by atoms with Crippen molar-refractivity contribution in [3.63, 3.8) is 0 Å². The summed E-state index contributed by atoms with van der Waals surface area (Å²) < 4.78 is 44.0. The van der Waals surface area contributed by atoms with E-state index in [1.807, 2.05) is 0 Å². The molecule has 2 amide bonds. The molecule has 144 valence electrons. The lowest BCUT2D eigenvalue weighted by Gasteiger charge is -2.40. The van der Waals surface area contributed by atoms with Gasteiger partial charge in [-0.05, 0) is 39.2 Å². The molecule has 2 rings (SSSR count). The number of rotatable bonds is 2. The number of nitrogens with one attached hydrogen (secondary N) is 1. The van der Waals surface area contributed by atoms with Gasteiger partial charge in [-0.15, -0.1) is 0 Å². The number of piperidine rings is 1. The molecule has 1 N–H and O–H groups in total. The second kappa shape index (κ2) is 7.55. The standard InChI is InChI=1S/C18H23F3N2O3/c1-17(2,3)26-16(25)22-13-9-10-23(15(24)18(19,20)21)14(11-13)12-7-5-4-6-8-12/h4-8,13-14H,9-11H2,1-3H3,(H,22,25)/t13?,14-/m0/s1. The smallest absolute Gasteiger partial charge is 0.444 e. The van der Waals surface area contributed by atoms with Gasteiger partial charge < -0.3 is 15.0 Å². The van der Waals surface area contributed by atoms with E-state index in [4.69, 9.17) is 4.74 Å². The molecule has 1 aliphatic heterocycles. The first-order chi connectivity index (χ1) is 12.0. The Morgan fingerprint density at radius 2 is 1.77 bits per heavy atom. The molecule has 2 atom stereocenters. The Kier molecular flexibility index (Phi) is 5.83. The largest absolute Gasteiger partial charge is 0.471 e. The first-order valence-corrected chi connectivity index (χ1v) is 8.39. The van der Waals surface area contributed by atoms with Gasteiger partial charge in [-0.1, -0.05) is 30.3 Å². The van der Waals surface area contributed by atoms with Crippen LogP contribution in [0.25, 0.3) is 0 Å². The number of likely N-dealkylation sites (tertiary alicyclic amines) is 1. The molecule has 1 aromatic rings. The maximum absolute atomic E-state index is 12.9. The molecule has 0 radical (unpaired) electrons. The first kappa shape index (κ1) is 20.1. The Morgan fingerprint density at radius 3 is 2.31 bits per heavy atom. The number of nitrogens with zero attached hydrogens (tertiary/aromatic N) is 1. The van der Waals surface area contributed by atoms with Crippen LogP contribution in [0.15, 0.2) is 30.3 Å². The number of ether oxygens (including phenoxy) is 1. The highest BCUT2D eigenvalue weighted by Crippen LogP contribution is 2.34. The highest BCUT2D eigenvalue weighted by atomic mass is 19.4. The monoisotopic (exact) mass is 372 g/mol. The predicted octanol–water partition coefficient (Wildman–Crippen LogP) is 3.81. The summed E-state index contributed by atoms with van der Waals surface area (Å²) in [5.74, 6) is -1.86. The number of carbonyl (C=O) groups excluding carboxylic acids is 2. The lowest BCUT2D eigenvalue weighted by atomic mass is 9.91. The topological polar surface area (TPSA) is 58.6 Å². The van der Waals surface area contributed by atoms with Crippen LogP contribution in [-0.4, -0.2) is 41.3 Å². The van der Waals surface area contributed by atoms with Crippen molar-refractivity contribution in [2.45, 2.75) is 57.5 Å². The molecule has 26 heavy (non-hydrogen) atoms. The Balaban J connectivity index is 2.16. The van der Waals surface area contributed by atoms with Crippen LogP contribution in [0.3, 0.4) is 0 Å². The van der Waals surface area contributed by atoms with Gasteiger partial charge in [-0.3, -0.25) is 4.79 Å². The van der Waals surface area contributed by atoms with Gasteiger partial charge in [-0.25, -0.2) is 4.79 Å². The van der Waals surface area contributed by atoms with Crippen LogP contribution >= 0.6 is 0 Å². The Hall–Kier alpha value is -2.25. The molecule has 0 spiro atoms. The van der Waals surface area contributed by atoms with E-state index < -0.39 is 29.8 Å². The second-order valence-corrected chi connectivity index (χ2v) is 7.29. The minimum Gasteiger partial charge on any atom is -0.444 e. The van der Waals surface area contributed by atoms with Gasteiger partial charge in [0.05, 0.1) is 6.04 Å². The van der Waals surface area contributed by atoms with Crippen LogP contribution in [0.2, 0.25) is 0 Å². The zero-order valence-corrected chi connectivity index (χ0v) is 15.0. The van der Waals surface area contributed by atoms with Crippen LogP contribution in [0, 0.1) is 0 Å². The van der Waals surface area contributed by atoms with Crippen LogP contribution < -0.4 is 5.32 Å². The fourth-order valence-corrected chi connectivity index (χ4v) is 2.97. The van der Waals surface area contributed by atoms with E-state index in [0.29, 0.717) is 5.56 Å². The number of alkyl halides is 3. The summed E-state index contributed by atoms with van der Waals surface area (Å²) in [5, 5.41) is 2.69. The molecule has 1 unspecified atom stereocenters. The summed E-state index contributed by atoms with van der Waals surface area (Å²) in [6.07, 6.45) is -5.14. The van der Waals surface area contributed by atoms with Crippen molar-refractivity contribution < 1.29 is 27.5 Å². The molecule has 1 aromatic carbocycles. The Morgan fingerprint density at radius 1 is 1.15 bits per heavy atom. The zero-order valence-electron chi connectivity index (χ0n) is 15.0. The van der Waals surface area contributed by atoms with E-state index in [1.165, 1.54) is 0 Å². The Labute approximate surface area is 150 Å². The molecule has 8 heteroatoms. The summed E-state index contributed by atoms with van der Waals surface area (Å²) in [7, 11) is 0. The van der Waals surface area contributed by atoms with Crippen molar-refractivity contribution in [1.82, 2.24) is 10.2 Å². The van der Waals surface area contributed by atoms with Gasteiger partial charge >= 0.3 is 18.2 Å². The molecule has 0 bridgehead atoms. The van der Waals surface area contributed by atoms with Crippen molar-refractivity contribution in [2.75, 3.05) is 6.54 Å². The second-order valence-electron chi connectivity index (χ2n) is 7.29. The van der Waals surface area contributed by atoms with Crippen molar-refractivity contribution in [3.05, 3.63) is 35.9 Å². The highest BCUT2D eigenvalue weighted by Gasteiger charge is 2.46.